The first-order valence-corrected chi connectivity index (χ1v) is 7.33. The van der Waals surface area contributed by atoms with E-state index in [9.17, 15) is 13.2 Å². The minimum atomic E-state index is -4.08. The molecule has 3 atom stereocenters. The molecule has 1 aliphatic carbocycles. The largest absolute Gasteiger partial charge is 0.393 e. The summed E-state index contributed by atoms with van der Waals surface area (Å²) in [6.07, 6.45) is -1.60. The lowest BCUT2D eigenvalue weighted by atomic mass is 9.83. The van der Waals surface area contributed by atoms with E-state index in [2.05, 4.69) is 5.32 Å². The molecule has 112 valence electrons. The Morgan fingerprint density at radius 1 is 1.15 bits per heavy atom. The van der Waals surface area contributed by atoms with E-state index in [4.69, 9.17) is 0 Å². The third-order valence-corrected chi connectivity index (χ3v) is 4.24. The van der Waals surface area contributed by atoms with Crippen LogP contribution in [0.25, 0.3) is 0 Å². The zero-order chi connectivity index (χ0) is 14.6. The molecule has 2 rings (SSSR count). The molecule has 4 heteroatoms. The van der Waals surface area contributed by atoms with Crippen LogP contribution in [0.1, 0.15) is 44.1 Å². The first-order chi connectivity index (χ1) is 9.48. The average Bonchev–Trinajstić information content (AvgIpc) is 2.45. The minimum Gasteiger partial charge on any atom is -0.313 e. The molecule has 0 spiro atoms. The summed E-state index contributed by atoms with van der Waals surface area (Å²) in [5, 5.41) is 3.16. The molecule has 1 nitrogen and oxygen atoms in total. The maximum Gasteiger partial charge on any atom is 0.393 e. The summed E-state index contributed by atoms with van der Waals surface area (Å²) in [6.45, 7) is 2.65. The van der Waals surface area contributed by atoms with Gasteiger partial charge in [-0.2, -0.15) is 13.2 Å². The highest BCUT2D eigenvalue weighted by atomic mass is 19.4. The van der Waals surface area contributed by atoms with Crippen LogP contribution in [0.15, 0.2) is 30.3 Å². The van der Waals surface area contributed by atoms with Gasteiger partial charge in [0.15, 0.2) is 0 Å². The van der Waals surface area contributed by atoms with Gasteiger partial charge in [0.05, 0.1) is 5.92 Å². The lowest BCUT2D eigenvalue weighted by Gasteiger charge is -2.34. The van der Waals surface area contributed by atoms with Crippen molar-refractivity contribution in [2.75, 3.05) is 6.54 Å². The van der Waals surface area contributed by atoms with Crippen LogP contribution in [0.4, 0.5) is 13.2 Å². The zero-order valence-corrected chi connectivity index (χ0v) is 11.8. The molecule has 0 radical (unpaired) electrons. The molecule has 1 fully saturated rings. The van der Waals surface area contributed by atoms with Crippen LogP contribution in [-0.2, 0) is 0 Å². The summed E-state index contributed by atoms with van der Waals surface area (Å²) in [7, 11) is 0. The molecule has 0 aromatic heterocycles. The molecule has 1 aliphatic rings. The highest BCUT2D eigenvalue weighted by Gasteiger charge is 2.45. The third kappa shape index (κ3) is 3.98. The number of nitrogens with one attached hydrogen (secondary N) is 1. The summed E-state index contributed by atoms with van der Waals surface area (Å²) < 4.78 is 39.0. The Bertz CT molecular complexity index is 402. The fourth-order valence-electron chi connectivity index (χ4n) is 2.99. The molecule has 1 aromatic rings. The van der Waals surface area contributed by atoms with Crippen molar-refractivity contribution < 1.29 is 13.2 Å². The van der Waals surface area contributed by atoms with E-state index in [1.54, 1.807) is 0 Å². The van der Waals surface area contributed by atoms with Gasteiger partial charge in [0.1, 0.15) is 0 Å². The van der Waals surface area contributed by atoms with Crippen molar-refractivity contribution in [2.24, 2.45) is 5.92 Å². The number of halogens is 3. The highest BCUT2D eigenvalue weighted by molar-refractivity contribution is 5.19. The summed E-state index contributed by atoms with van der Waals surface area (Å²) >= 11 is 0. The van der Waals surface area contributed by atoms with E-state index < -0.39 is 18.1 Å². The second-order valence-corrected chi connectivity index (χ2v) is 5.76. The van der Waals surface area contributed by atoms with E-state index in [0.717, 1.165) is 6.42 Å². The number of rotatable bonds is 4. The van der Waals surface area contributed by atoms with Crippen molar-refractivity contribution in [3.63, 3.8) is 0 Å². The number of hydrogen-bond donors (Lipinski definition) is 1. The lowest BCUT2D eigenvalue weighted by molar-refractivity contribution is -0.188. The second kappa shape index (κ2) is 6.61. The molecule has 1 aromatic carbocycles. The molecule has 0 aliphatic heterocycles. The van der Waals surface area contributed by atoms with Gasteiger partial charge in [-0.05, 0) is 24.3 Å². The van der Waals surface area contributed by atoms with Crippen LogP contribution in [0.2, 0.25) is 0 Å². The fraction of sp³-hybridized carbons (Fsp3) is 0.625. The molecule has 0 bridgehead atoms. The Morgan fingerprint density at radius 3 is 2.45 bits per heavy atom. The SMILES string of the molecule is CC(CNC1CCCCC1C(F)(F)F)c1ccccc1. The number of benzene rings is 1. The predicted molar refractivity (Wildman–Crippen MR) is 74.7 cm³/mol. The molecule has 20 heavy (non-hydrogen) atoms. The van der Waals surface area contributed by atoms with Crippen LogP contribution >= 0.6 is 0 Å². The Labute approximate surface area is 118 Å². The van der Waals surface area contributed by atoms with Gasteiger partial charge in [0.2, 0.25) is 0 Å². The van der Waals surface area contributed by atoms with E-state index >= 15 is 0 Å². The van der Waals surface area contributed by atoms with Crippen molar-refractivity contribution in [1.29, 1.82) is 0 Å². The smallest absolute Gasteiger partial charge is 0.313 e. The van der Waals surface area contributed by atoms with E-state index in [0.29, 0.717) is 19.4 Å². The van der Waals surface area contributed by atoms with Gasteiger partial charge in [-0.15, -0.1) is 0 Å². The lowest BCUT2D eigenvalue weighted by Crippen LogP contribution is -2.46. The maximum atomic E-state index is 13.0. The molecule has 0 amide bonds. The second-order valence-electron chi connectivity index (χ2n) is 5.76. The highest BCUT2D eigenvalue weighted by Crippen LogP contribution is 2.37. The predicted octanol–water partition coefficient (Wildman–Crippen LogP) is 4.50. The fourth-order valence-corrected chi connectivity index (χ4v) is 2.99. The van der Waals surface area contributed by atoms with Crippen molar-refractivity contribution >= 4 is 0 Å². The van der Waals surface area contributed by atoms with Crippen LogP contribution in [0.5, 0.6) is 0 Å². The molecule has 1 N–H and O–H groups in total. The average molecular weight is 285 g/mol. The van der Waals surface area contributed by atoms with Crippen molar-refractivity contribution in [3.8, 4) is 0 Å². The monoisotopic (exact) mass is 285 g/mol. The molecule has 3 unspecified atom stereocenters. The number of alkyl halides is 3. The van der Waals surface area contributed by atoms with Gasteiger partial charge in [-0.3, -0.25) is 0 Å². The molecular weight excluding hydrogens is 263 g/mol. The van der Waals surface area contributed by atoms with Gasteiger partial charge in [0, 0.05) is 12.6 Å². The van der Waals surface area contributed by atoms with Crippen molar-refractivity contribution in [2.45, 2.75) is 50.7 Å². The Morgan fingerprint density at radius 2 is 1.80 bits per heavy atom. The summed E-state index contributed by atoms with van der Waals surface area (Å²) in [5.41, 5.74) is 1.17. The summed E-state index contributed by atoms with van der Waals surface area (Å²) in [4.78, 5) is 0. The van der Waals surface area contributed by atoms with Gasteiger partial charge in [-0.25, -0.2) is 0 Å². The van der Waals surface area contributed by atoms with Crippen molar-refractivity contribution in [1.82, 2.24) is 5.32 Å². The van der Waals surface area contributed by atoms with E-state index in [1.165, 1.54) is 5.56 Å². The van der Waals surface area contributed by atoms with Crippen LogP contribution in [0, 0.1) is 5.92 Å². The van der Waals surface area contributed by atoms with Crippen LogP contribution < -0.4 is 5.32 Å². The number of hydrogen-bond acceptors (Lipinski definition) is 1. The minimum absolute atomic E-state index is 0.229. The normalized spacial score (nSPS) is 25.4. The first-order valence-electron chi connectivity index (χ1n) is 7.33. The van der Waals surface area contributed by atoms with Gasteiger partial charge >= 0.3 is 6.18 Å². The van der Waals surface area contributed by atoms with Gasteiger partial charge in [-0.1, -0.05) is 50.1 Å². The quantitative estimate of drug-likeness (QED) is 0.858. The molecular formula is C16H22F3N. The first kappa shape index (κ1) is 15.4. The zero-order valence-electron chi connectivity index (χ0n) is 11.8. The van der Waals surface area contributed by atoms with Crippen LogP contribution in [0.3, 0.4) is 0 Å². The van der Waals surface area contributed by atoms with Crippen molar-refractivity contribution in [3.05, 3.63) is 35.9 Å². The summed E-state index contributed by atoms with van der Waals surface area (Å²) in [5.74, 6) is -0.953. The van der Waals surface area contributed by atoms with Gasteiger partial charge < -0.3 is 5.32 Å². The van der Waals surface area contributed by atoms with E-state index in [-0.39, 0.29) is 12.3 Å². The topological polar surface area (TPSA) is 12.0 Å². The maximum absolute atomic E-state index is 13.0. The Balaban J connectivity index is 1.91. The molecule has 0 heterocycles. The Hall–Kier alpha value is -1.03. The van der Waals surface area contributed by atoms with Crippen LogP contribution in [-0.4, -0.2) is 18.8 Å². The molecule has 0 saturated heterocycles. The van der Waals surface area contributed by atoms with Gasteiger partial charge in [0.25, 0.3) is 0 Å². The third-order valence-electron chi connectivity index (χ3n) is 4.24. The summed E-state index contributed by atoms with van der Waals surface area (Å²) in [6, 6.07) is 9.50. The van der Waals surface area contributed by atoms with E-state index in [1.807, 2.05) is 37.3 Å². The standard InChI is InChI=1S/C16H22F3N/c1-12(13-7-3-2-4-8-13)11-20-15-10-6-5-9-14(15)16(17,18)19/h2-4,7-8,12,14-15,20H,5-6,9-11H2,1H3. The Kier molecular flexibility index (Phi) is 5.08. The molecule has 1 saturated carbocycles.